The Morgan fingerprint density at radius 3 is 2.57 bits per heavy atom. The standard InChI is InChI=1S/C17H12ClN3O2/c18-12-6-4-5-11(9-12)15-19-10-14(17(22)23)16(21-15)20-13-7-2-1-3-8-13/h1-10H,(H,22,23)(H,19,20,21). The molecule has 0 aliphatic heterocycles. The van der Waals surface area contributed by atoms with Gasteiger partial charge in [0.05, 0.1) is 0 Å². The number of rotatable bonds is 4. The van der Waals surface area contributed by atoms with Crippen molar-refractivity contribution in [3.63, 3.8) is 0 Å². The van der Waals surface area contributed by atoms with Crippen molar-refractivity contribution in [2.45, 2.75) is 0 Å². The summed E-state index contributed by atoms with van der Waals surface area (Å²) in [5.74, 6) is -0.467. The Kier molecular flexibility index (Phi) is 4.21. The van der Waals surface area contributed by atoms with E-state index in [-0.39, 0.29) is 11.4 Å². The van der Waals surface area contributed by atoms with E-state index in [0.717, 1.165) is 5.69 Å². The monoisotopic (exact) mass is 325 g/mol. The van der Waals surface area contributed by atoms with E-state index in [1.807, 2.05) is 36.4 Å². The lowest BCUT2D eigenvalue weighted by molar-refractivity contribution is 0.0697. The molecule has 0 fully saturated rings. The zero-order chi connectivity index (χ0) is 16.2. The summed E-state index contributed by atoms with van der Waals surface area (Å²) in [6.07, 6.45) is 1.29. The molecule has 23 heavy (non-hydrogen) atoms. The van der Waals surface area contributed by atoms with Gasteiger partial charge in [0.15, 0.2) is 5.82 Å². The van der Waals surface area contributed by atoms with Crippen molar-refractivity contribution < 1.29 is 9.90 Å². The van der Waals surface area contributed by atoms with Crippen LogP contribution in [0.15, 0.2) is 60.8 Å². The minimum absolute atomic E-state index is 0.000342. The first-order valence-corrected chi connectivity index (χ1v) is 7.19. The van der Waals surface area contributed by atoms with Gasteiger partial charge in [-0.1, -0.05) is 41.9 Å². The summed E-state index contributed by atoms with van der Waals surface area (Å²) in [6, 6.07) is 16.3. The van der Waals surface area contributed by atoms with Crippen LogP contribution in [0.1, 0.15) is 10.4 Å². The van der Waals surface area contributed by atoms with Crippen LogP contribution in [0.4, 0.5) is 11.5 Å². The largest absolute Gasteiger partial charge is 0.477 e. The Morgan fingerprint density at radius 1 is 1.09 bits per heavy atom. The number of halogens is 1. The van der Waals surface area contributed by atoms with Gasteiger partial charge in [-0.2, -0.15) is 0 Å². The normalized spacial score (nSPS) is 10.3. The first-order chi connectivity index (χ1) is 11.1. The predicted octanol–water partition coefficient (Wildman–Crippen LogP) is 4.24. The molecule has 3 aromatic rings. The molecular formula is C17H12ClN3O2. The minimum atomic E-state index is -1.10. The second-order valence-corrected chi connectivity index (χ2v) is 5.20. The molecule has 5 nitrogen and oxygen atoms in total. The number of anilines is 2. The number of hydrogen-bond donors (Lipinski definition) is 2. The molecule has 1 aromatic heterocycles. The molecular weight excluding hydrogens is 314 g/mol. The Bertz CT molecular complexity index is 853. The summed E-state index contributed by atoms with van der Waals surface area (Å²) in [5.41, 5.74) is 1.45. The van der Waals surface area contributed by atoms with Gasteiger partial charge in [-0.05, 0) is 24.3 Å². The van der Waals surface area contributed by atoms with Crippen LogP contribution in [0.25, 0.3) is 11.4 Å². The Morgan fingerprint density at radius 2 is 1.87 bits per heavy atom. The third-order valence-corrected chi connectivity index (χ3v) is 3.37. The maximum absolute atomic E-state index is 11.4. The van der Waals surface area contributed by atoms with Crippen LogP contribution in [0, 0.1) is 0 Å². The lowest BCUT2D eigenvalue weighted by Crippen LogP contribution is -2.07. The molecule has 0 aliphatic rings. The molecule has 6 heteroatoms. The number of para-hydroxylation sites is 1. The van der Waals surface area contributed by atoms with Crippen LogP contribution in [0.3, 0.4) is 0 Å². The van der Waals surface area contributed by atoms with E-state index in [2.05, 4.69) is 15.3 Å². The average Bonchev–Trinajstić information content (AvgIpc) is 2.55. The fourth-order valence-corrected chi connectivity index (χ4v) is 2.25. The number of nitrogens with one attached hydrogen (secondary N) is 1. The van der Waals surface area contributed by atoms with E-state index in [9.17, 15) is 9.90 Å². The predicted molar refractivity (Wildman–Crippen MR) is 89.2 cm³/mol. The maximum atomic E-state index is 11.4. The highest BCUT2D eigenvalue weighted by Crippen LogP contribution is 2.24. The fourth-order valence-electron chi connectivity index (χ4n) is 2.06. The van der Waals surface area contributed by atoms with Gasteiger partial charge in [-0.25, -0.2) is 14.8 Å². The number of carboxylic acids is 1. The van der Waals surface area contributed by atoms with E-state index < -0.39 is 5.97 Å². The van der Waals surface area contributed by atoms with Gasteiger partial charge < -0.3 is 10.4 Å². The van der Waals surface area contributed by atoms with Crippen LogP contribution in [0.5, 0.6) is 0 Å². The van der Waals surface area contributed by atoms with Gasteiger partial charge in [-0.15, -0.1) is 0 Å². The average molecular weight is 326 g/mol. The van der Waals surface area contributed by atoms with Crippen molar-refractivity contribution in [2.24, 2.45) is 0 Å². The molecule has 0 radical (unpaired) electrons. The van der Waals surface area contributed by atoms with E-state index in [4.69, 9.17) is 11.6 Å². The highest BCUT2D eigenvalue weighted by Gasteiger charge is 2.15. The number of benzene rings is 2. The van der Waals surface area contributed by atoms with Crippen LogP contribution in [-0.2, 0) is 0 Å². The van der Waals surface area contributed by atoms with Crippen molar-refractivity contribution in [2.75, 3.05) is 5.32 Å². The third kappa shape index (κ3) is 3.46. The first-order valence-electron chi connectivity index (χ1n) is 6.82. The highest BCUT2D eigenvalue weighted by molar-refractivity contribution is 6.30. The van der Waals surface area contributed by atoms with Crippen LogP contribution in [-0.4, -0.2) is 21.0 Å². The number of hydrogen-bond acceptors (Lipinski definition) is 4. The van der Waals surface area contributed by atoms with Crippen molar-refractivity contribution in [3.8, 4) is 11.4 Å². The third-order valence-electron chi connectivity index (χ3n) is 3.14. The zero-order valence-corrected chi connectivity index (χ0v) is 12.7. The molecule has 1 heterocycles. The maximum Gasteiger partial charge on any atom is 0.341 e. The zero-order valence-electron chi connectivity index (χ0n) is 11.9. The lowest BCUT2D eigenvalue weighted by Gasteiger charge is -2.10. The molecule has 0 saturated heterocycles. The minimum Gasteiger partial charge on any atom is -0.477 e. The van der Waals surface area contributed by atoms with Crippen molar-refractivity contribution in [1.29, 1.82) is 0 Å². The topological polar surface area (TPSA) is 75.1 Å². The molecule has 2 aromatic carbocycles. The molecule has 114 valence electrons. The van der Waals surface area contributed by atoms with Gasteiger partial charge in [0.1, 0.15) is 11.4 Å². The number of aromatic nitrogens is 2. The van der Waals surface area contributed by atoms with E-state index in [0.29, 0.717) is 16.4 Å². The summed E-state index contributed by atoms with van der Waals surface area (Å²) >= 11 is 5.98. The van der Waals surface area contributed by atoms with Crippen LogP contribution in [0.2, 0.25) is 5.02 Å². The smallest absolute Gasteiger partial charge is 0.341 e. The number of aromatic carboxylic acids is 1. The molecule has 0 bridgehead atoms. The second kappa shape index (κ2) is 6.46. The van der Waals surface area contributed by atoms with E-state index >= 15 is 0 Å². The van der Waals surface area contributed by atoms with E-state index in [1.54, 1.807) is 18.2 Å². The van der Waals surface area contributed by atoms with Gasteiger partial charge >= 0.3 is 5.97 Å². The van der Waals surface area contributed by atoms with Crippen molar-refractivity contribution >= 4 is 29.1 Å². The molecule has 0 atom stereocenters. The number of carbonyl (C=O) groups is 1. The molecule has 0 saturated carbocycles. The lowest BCUT2D eigenvalue weighted by atomic mass is 10.2. The fraction of sp³-hybridized carbons (Fsp3) is 0. The first kappa shape index (κ1) is 15.0. The molecule has 0 amide bonds. The van der Waals surface area contributed by atoms with Gasteiger partial charge in [0.25, 0.3) is 0 Å². The summed E-state index contributed by atoms with van der Waals surface area (Å²) in [5, 5.41) is 12.9. The summed E-state index contributed by atoms with van der Waals surface area (Å²) in [7, 11) is 0. The quantitative estimate of drug-likeness (QED) is 0.750. The van der Waals surface area contributed by atoms with Crippen molar-refractivity contribution in [1.82, 2.24) is 9.97 Å². The number of nitrogens with zero attached hydrogens (tertiary/aromatic N) is 2. The molecule has 3 rings (SSSR count). The summed E-state index contributed by atoms with van der Waals surface area (Å²) in [6.45, 7) is 0. The molecule has 0 unspecified atom stereocenters. The summed E-state index contributed by atoms with van der Waals surface area (Å²) < 4.78 is 0. The van der Waals surface area contributed by atoms with Crippen LogP contribution < -0.4 is 5.32 Å². The molecule has 0 spiro atoms. The Balaban J connectivity index is 2.04. The van der Waals surface area contributed by atoms with Crippen LogP contribution >= 0.6 is 11.6 Å². The SMILES string of the molecule is O=C(O)c1cnc(-c2cccc(Cl)c2)nc1Nc1ccccc1. The highest BCUT2D eigenvalue weighted by atomic mass is 35.5. The number of carboxylic acid groups (broad SMARTS) is 1. The second-order valence-electron chi connectivity index (χ2n) is 4.76. The van der Waals surface area contributed by atoms with E-state index in [1.165, 1.54) is 6.20 Å². The molecule has 0 aliphatic carbocycles. The summed E-state index contributed by atoms with van der Waals surface area (Å²) in [4.78, 5) is 19.8. The van der Waals surface area contributed by atoms with Crippen molar-refractivity contribution in [3.05, 3.63) is 71.4 Å². The van der Waals surface area contributed by atoms with Gasteiger partial charge in [0, 0.05) is 22.5 Å². The molecule has 2 N–H and O–H groups in total. The van der Waals surface area contributed by atoms with Gasteiger partial charge in [-0.3, -0.25) is 0 Å². The Labute approximate surface area is 137 Å². The Hall–Kier alpha value is -2.92. The van der Waals surface area contributed by atoms with Gasteiger partial charge in [0.2, 0.25) is 0 Å².